The van der Waals surface area contributed by atoms with Crippen LogP contribution in [-0.4, -0.2) is 46.2 Å². The van der Waals surface area contributed by atoms with E-state index in [2.05, 4.69) is 44.0 Å². The van der Waals surface area contributed by atoms with Crippen molar-refractivity contribution in [3.8, 4) is 11.4 Å². The molecule has 0 N–H and O–H groups in total. The first kappa shape index (κ1) is 17.5. The van der Waals surface area contributed by atoms with Crippen LogP contribution in [0.1, 0.15) is 51.3 Å². The second kappa shape index (κ2) is 8.16. The molecule has 2 aliphatic rings. The molecular weight excluding hydrogens is 326 g/mol. The molecule has 2 aromatic rings. The van der Waals surface area contributed by atoms with Crippen LogP contribution in [0.4, 0.5) is 5.82 Å². The van der Waals surface area contributed by atoms with Crippen molar-refractivity contribution in [2.24, 2.45) is 5.92 Å². The lowest BCUT2D eigenvalue weighted by Crippen LogP contribution is -2.32. The standard InChI is InChI=1S/C20H29N5O/c1-16-8-12-24(13-9-16)15-19-22-20(23-26-19)17-6-7-18(21-14-17)25-10-4-2-3-5-11-25/h6-7,14,16H,2-5,8-13,15H2,1H3. The van der Waals surface area contributed by atoms with Gasteiger partial charge in [0.25, 0.3) is 0 Å². The Labute approximate surface area is 155 Å². The molecular formula is C20H29N5O. The van der Waals surface area contributed by atoms with E-state index in [1.807, 2.05) is 6.20 Å². The first-order valence-corrected chi connectivity index (χ1v) is 10.0. The van der Waals surface area contributed by atoms with E-state index < -0.39 is 0 Å². The van der Waals surface area contributed by atoms with E-state index in [1.165, 1.54) is 38.5 Å². The molecule has 0 aromatic carbocycles. The maximum atomic E-state index is 5.47. The minimum Gasteiger partial charge on any atom is -0.357 e. The van der Waals surface area contributed by atoms with Crippen molar-refractivity contribution in [3.05, 3.63) is 24.2 Å². The van der Waals surface area contributed by atoms with Gasteiger partial charge in [-0.25, -0.2) is 4.98 Å². The number of piperidine rings is 1. The summed E-state index contributed by atoms with van der Waals surface area (Å²) >= 11 is 0. The Morgan fingerprint density at radius 1 is 1.04 bits per heavy atom. The average molecular weight is 355 g/mol. The third-order valence-electron chi connectivity index (χ3n) is 5.64. The van der Waals surface area contributed by atoms with Crippen LogP contribution in [-0.2, 0) is 6.54 Å². The Morgan fingerprint density at radius 2 is 1.81 bits per heavy atom. The molecule has 0 atom stereocenters. The molecule has 0 unspecified atom stereocenters. The molecule has 2 aromatic heterocycles. The normalized spacial score (nSPS) is 20.3. The lowest BCUT2D eigenvalue weighted by Gasteiger charge is -2.28. The van der Waals surface area contributed by atoms with Gasteiger partial charge >= 0.3 is 0 Å². The van der Waals surface area contributed by atoms with Crippen LogP contribution >= 0.6 is 0 Å². The number of aromatic nitrogens is 3. The maximum absolute atomic E-state index is 5.47. The van der Waals surface area contributed by atoms with Crippen molar-refractivity contribution in [2.45, 2.75) is 52.0 Å². The number of likely N-dealkylation sites (tertiary alicyclic amines) is 1. The first-order chi connectivity index (χ1) is 12.8. The summed E-state index contributed by atoms with van der Waals surface area (Å²) in [5, 5.41) is 4.16. The van der Waals surface area contributed by atoms with Gasteiger partial charge in [-0.3, -0.25) is 4.90 Å². The monoisotopic (exact) mass is 355 g/mol. The summed E-state index contributed by atoms with van der Waals surface area (Å²) in [6, 6.07) is 4.15. The zero-order valence-corrected chi connectivity index (χ0v) is 15.7. The highest BCUT2D eigenvalue weighted by molar-refractivity contribution is 5.55. The van der Waals surface area contributed by atoms with Crippen molar-refractivity contribution in [3.63, 3.8) is 0 Å². The Kier molecular flexibility index (Phi) is 5.48. The van der Waals surface area contributed by atoms with Gasteiger partial charge in [0.1, 0.15) is 5.82 Å². The Balaban J connectivity index is 1.39. The van der Waals surface area contributed by atoms with Gasteiger partial charge in [-0.05, 0) is 56.8 Å². The van der Waals surface area contributed by atoms with Gasteiger partial charge in [0.15, 0.2) is 0 Å². The number of hydrogen-bond acceptors (Lipinski definition) is 6. The fourth-order valence-corrected chi connectivity index (χ4v) is 3.85. The van der Waals surface area contributed by atoms with E-state index >= 15 is 0 Å². The zero-order chi connectivity index (χ0) is 17.8. The summed E-state index contributed by atoms with van der Waals surface area (Å²) in [7, 11) is 0. The SMILES string of the molecule is CC1CCN(Cc2nc(-c3ccc(N4CCCCCC4)nc3)no2)CC1. The van der Waals surface area contributed by atoms with Crippen LogP contribution in [0, 0.1) is 5.92 Å². The predicted molar refractivity (Wildman–Crippen MR) is 102 cm³/mol. The van der Waals surface area contributed by atoms with Crippen molar-refractivity contribution in [2.75, 3.05) is 31.1 Å². The molecule has 2 aliphatic heterocycles. The lowest BCUT2D eigenvalue weighted by molar-refractivity contribution is 0.165. The third-order valence-corrected chi connectivity index (χ3v) is 5.64. The van der Waals surface area contributed by atoms with Gasteiger partial charge in [-0.15, -0.1) is 0 Å². The number of hydrogen-bond donors (Lipinski definition) is 0. The molecule has 4 heterocycles. The molecule has 6 heteroatoms. The Bertz CT molecular complexity index is 682. The van der Waals surface area contributed by atoms with Gasteiger partial charge < -0.3 is 9.42 Å². The molecule has 2 saturated heterocycles. The van der Waals surface area contributed by atoms with Crippen LogP contribution in [0.3, 0.4) is 0 Å². The predicted octanol–water partition coefficient (Wildman–Crippen LogP) is 3.74. The highest BCUT2D eigenvalue weighted by atomic mass is 16.5. The molecule has 0 amide bonds. The van der Waals surface area contributed by atoms with Crippen molar-refractivity contribution in [1.29, 1.82) is 0 Å². The minimum absolute atomic E-state index is 0.639. The van der Waals surface area contributed by atoms with Gasteiger partial charge in [0.2, 0.25) is 11.7 Å². The van der Waals surface area contributed by atoms with E-state index in [4.69, 9.17) is 4.52 Å². The van der Waals surface area contributed by atoms with Crippen LogP contribution in [0.25, 0.3) is 11.4 Å². The molecule has 6 nitrogen and oxygen atoms in total. The molecule has 4 rings (SSSR count). The lowest BCUT2D eigenvalue weighted by atomic mass is 9.99. The summed E-state index contributed by atoms with van der Waals surface area (Å²) in [5.41, 5.74) is 0.922. The molecule has 0 spiro atoms. The minimum atomic E-state index is 0.639. The summed E-state index contributed by atoms with van der Waals surface area (Å²) in [4.78, 5) is 14.0. The summed E-state index contributed by atoms with van der Waals surface area (Å²) < 4.78 is 5.47. The Hall–Kier alpha value is -1.95. The second-order valence-corrected chi connectivity index (χ2v) is 7.78. The van der Waals surface area contributed by atoms with E-state index in [-0.39, 0.29) is 0 Å². The Morgan fingerprint density at radius 3 is 2.50 bits per heavy atom. The summed E-state index contributed by atoms with van der Waals surface area (Å²) in [6.45, 7) is 7.51. The maximum Gasteiger partial charge on any atom is 0.241 e. The highest BCUT2D eigenvalue weighted by Crippen LogP contribution is 2.22. The third kappa shape index (κ3) is 4.23. The number of rotatable bonds is 4. The molecule has 2 fully saturated rings. The molecule has 0 saturated carbocycles. The fourth-order valence-electron chi connectivity index (χ4n) is 3.85. The van der Waals surface area contributed by atoms with E-state index in [1.54, 1.807) is 0 Å². The smallest absolute Gasteiger partial charge is 0.241 e. The van der Waals surface area contributed by atoms with Crippen molar-refractivity contribution in [1.82, 2.24) is 20.0 Å². The van der Waals surface area contributed by atoms with Crippen molar-refractivity contribution < 1.29 is 4.52 Å². The number of anilines is 1. The molecule has 140 valence electrons. The highest BCUT2D eigenvalue weighted by Gasteiger charge is 2.19. The van der Waals surface area contributed by atoms with Crippen LogP contribution in [0.2, 0.25) is 0 Å². The second-order valence-electron chi connectivity index (χ2n) is 7.78. The largest absolute Gasteiger partial charge is 0.357 e. The quantitative estimate of drug-likeness (QED) is 0.833. The van der Waals surface area contributed by atoms with Gasteiger partial charge in [0.05, 0.1) is 6.54 Å². The van der Waals surface area contributed by atoms with Crippen LogP contribution in [0.15, 0.2) is 22.9 Å². The zero-order valence-electron chi connectivity index (χ0n) is 15.7. The van der Waals surface area contributed by atoms with Crippen molar-refractivity contribution >= 4 is 5.82 Å². The molecule has 26 heavy (non-hydrogen) atoms. The van der Waals surface area contributed by atoms with Crippen LogP contribution in [0.5, 0.6) is 0 Å². The fraction of sp³-hybridized carbons (Fsp3) is 0.650. The average Bonchev–Trinajstić information content (AvgIpc) is 2.96. The first-order valence-electron chi connectivity index (χ1n) is 10.0. The molecule has 0 bridgehead atoms. The van der Waals surface area contributed by atoms with E-state index in [0.29, 0.717) is 11.7 Å². The van der Waals surface area contributed by atoms with E-state index in [9.17, 15) is 0 Å². The molecule has 0 radical (unpaired) electrons. The topological polar surface area (TPSA) is 58.3 Å². The summed E-state index contributed by atoms with van der Waals surface area (Å²) in [6.07, 6.45) is 9.55. The van der Waals surface area contributed by atoms with E-state index in [0.717, 1.165) is 50.0 Å². The summed E-state index contributed by atoms with van der Waals surface area (Å²) in [5.74, 6) is 3.23. The molecule has 0 aliphatic carbocycles. The number of pyridine rings is 1. The van der Waals surface area contributed by atoms with Gasteiger partial charge in [-0.1, -0.05) is 24.9 Å². The van der Waals surface area contributed by atoms with Gasteiger partial charge in [-0.2, -0.15) is 4.98 Å². The number of nitrogens with zero attached hydrogens (tertiary/aromatic N) is 5. The van der Waals surface area contributed by atoms with Crippen LogP contribution < -0.4 is 4.90 Å². The van der Waals surface area contributed by atoms with Gasteiger partial charge in [0, 0.05) is 24.8 Å².